The fourth-order valence-electron chi connectivity index (χ4n) is 2.99. The minimum absolute atomic E-state index is 0.143. The SMILES string of the molecule is Cc1ccc(NC(=O)C(C)C)cc1NC(=O)Cn1c(=O)c2c(ncn2C)n(C)c1=O. The number of nitrogens with zero attached hydrogens (tertiary/aromatic N) is 4. The summed E-state index contributed by atoms with van der Waals surface area (Å²) in [5.74, 6) is -0.865. The molecule has 1 aromatic carbocycles. The van der Waals surface area contributed by atoms with Crippen molar-refractivity contribution in [3.63, 3.8) is 0 Å². The van der Waals surface area contributed by atoms with Crippen LogP contribution >= 0.6 is 0 Å². The van der Waals surface area contributed by atoms with E-state index in [0.717, 1.165) is 10.1 Å². The topological polar surface area (TPSA) is 120 Å². The van der Waals surface area contributed by atoms with Crippen molar-refractivity contribution in [2.75, 3.05) is 10.6 Å². The summed E-state index contributed by atoms with van der Waals surface area (Å²) in [6.45, 7) is 4.91. The van der Waals surface area contributed by atoms with Gasteiger partial charge in [-0.2, -0.15) is 0 Å². The molecule has 0 fully saturated rings. The second-order valence-electron chi connectivity index (χ2n) is 7.48. The predicted octanol–water partition coefficient (Wildman–Crippen LogP) is 0.975. The maximum atomic E-state index is 12.7. The van der Waals surface area contributed by atoms with E-state index >= 15 is 0 Å². The van der Waals surface area contributed by atoms with Crippen LogP contribution in [0.3, 0.4) is 0 Å². The van der Waals surface area contributed by atoms with E-state index in [-0.39, 0.29) is 23.0 Å². The fraction of sp³-hybridized carbons (Fsp3) is 0.350. The first kappa shape index (κ1) is 21.0. The van der Waals surface area contributed by atoms with Crippen molar-refractivity contribution in [1.29, 1.82) is 0 Å². The summed E-state index contributed by atoms with van der Waals surface area (Å²) >= 11 is 0. The van der Waals surface area contributed by atoms with Crippen LogP contribution in [0.25, 0.3) is 11.2 Å². The molecule has 2 heterocycles. The monoisotopic (exact) mass is 412 g/mol. The van der Waals surface area contributed by atoms with Gasteiger partial charge in [-0.05, 0) is 24.6 Å². The van der Waals surface area contributed by atoms with E-state index in [0.29, 0.717) is 11.4 Å². The molecule has 158 valence electrons. The summed E-state index contributed by atoms with van der Waals surface area (Å²) in [5, 5.41) is 5.48. The number of nitrogens with one attached hydrogen (secondary N) is 2. The Morgan fingerprint density at radius 1 is 1.13 bits per heavy atom. The lowest BCUT2D eigenvalue weighted by molar-refractivity contribution is -0.119. The smallest absolute Gasteiger partial charge is 0.328 e. The molecule has 10 nitrogen and oxygen atoms in total. The standard InChI is InChI=1S/C20H24N6O4/c1-11(2)18(28)22-13-7-6-12(3)14(8-13)23-15(27)9-26-19(29)16-17(21-10-24(16)4)25(5)20(26)30/h6-8,10-11H,9H2,1-5H3,(H,22,28)(H,23,27). The molecule has 0 aliphatic rings. The molecule has 0 aliphatic heterocycles. The number of amides is 2. The highest BCUT2D eigenvalue weighted by Crippen LogP contribution is 2.21. The lowest BCUT2D eigenvalue weighted by Crippen LogP contribution is -2.42. The molecular weight excluding hydrogens is 388 g/mol. The van der Waals surface area contributed by atoms with Crippen LogP contribution in [0.2, 0.25) is 0 Å². The molecule has 0 atom stereocenters. The molecule has 0 saturated carbocycles. The zero-order valence-electron chi connectivity index (χ0n) is 17.5. The number of benzene rings is 1. The van der Waals surface area contributed by atoms with Crippen molar-refractivity contribution in [3.05, 3.63) is 50.9 Å². The van der Waals surface area contributed by atoms with Crippen LogP contribution in [0.4, 0.5) is 11.4 Å². The van der Waals surface area contributed by atoms with Gasteiger partial charge < -0.3 is 15.2 Å². The molecule has 0 spiro atoms. The molecule has 0 unspecified atom stereocenters. The number of anilines is 2. The van der Waals surface area contributed by atoms with Gasteiger partial charge in [0.05, 0.1) is 6.33 Å². The third kappa shape index (κ3) is 3.88. The van der Waals surface area contributed by atoms with E-state index in [2.05, 4.69) is 15.6 Å². The zero-order chi connectivity index (χ0) is 22.2. The van der Waals surface area contributed by atoms with E-state index < -0.39 is 23.7 Å². The highest BCUT2D eigenvalue weighted by molar-refractivity contribution is 5.95. The molecule has 0 bridgehead atoms. The fourth-order valence-corrected chi connectivity index (χ4v) is 2.99. The Hall–Kier alpha value is -3.69. The van der Waals surface area contributed by atoms with Gasteiger partial charge >= 0.3 is 5.69 Å². The van der Waals surface area contributed by atoms with Gasteiger partial charge in [0.15, 0.2) is 11.2 Å². The van der Waals surface area contributed by atoms with Crippen molar-refractivity contribution in [1.82, 2.24) is 18.7 Å². The van der Waals surface area contributed by atoms with Crippen LogP contribution in [0.1, 0.15) is 19.4 Å². The molecule has 30 heavy (non-hydrogen) atoms. The van der Waals surface area contributed by atoms with Crippen LogP contribution in [0, 0.1) is 12.8 Å². The van der Waals surface area contributed by atoms with Crippen molar-refractivity contribution in [3.8, 4) is 0 Å². The summed E-state index contributed by atoms with van der Waals surface area (Å²) in [6, 6.07) is 5.14. The van der Waals surface area contributed by atoms with E-state index in [1.54, 1.807) is 46.0 Å². The van der Waals surface area contributed by atoms with E-state index in [1.165, 1.54) is 22.5 Å². The number of carbonyl (C=O) groups is 2. The van der Waals surface area contributed by atoms with E-state index in [4.69, 9.17) is 0 Å². The van der Waals surface area contributed by atoms with Crippen LogP contribution in [-0.4, -0.2) is 30.5 Å². The number of imidazole rings is 1. The first-order valence-electron chi connectivity index (χ1n) is 9.42. The van der Waals surface area contributed by atoms with Gasteiger partial charge in [-0.1, -0.05) is 19.9 Å². The molecule has 0 saturated heterocycles. The second-order valence-corrected chi connectivity index (χ2v) is 7.48. The third-order valence-corrected chi connectivity index (χ3v) is 4.81. The molecule has 0 aliphatic carbocycles. The molecule has 2 N–H and O–H groups in total. The third-order valence-electron chi connectivity index (χ3n) is 4.81. The lowest BCUT2D eigenvalue weighted by Gasteiger charge is -2.13. The van der Waals surface area contributed by atoms with Gasteiger partial charge in [-0.15, -0.1) is 0 Å². The molecule has 3 rings (SSSR count). The average molecular weight is 412 g/mol. The molecule has 10 heteroatoms. The van der Waals surface area contributed by atoms with Gasteiger partial charge in [0, 0.05) is 31.4 Å². The van der Waals surface area contributed by atoms with Crippen molar-refractivity contribution >= 4 is 34.4 Å². The number of rotatable bonds is 5. The Morgan fingerprint density at radius 3 is 2.50 bits per heavy atom. The minimum atomic E-state index is -0.629. The zero-order valence-corrected chi connectivity index (χ0v) is 17.5. The number of hydrogen-bond donors (Lipinski definition) is 2. The number of aromatic nitrogens is 4. The van der Waals surface area contributed by atoms with Gasteiger partial charge in [0.2, 0.25) is 11.8 Å². The van der Waals surface area contributed by atoms with Gasteiger partial charge in [-0.3, -0.25) is 19.0 Å². The highest BCUT2D eigenvalue weighted by atomic mass is 16.2. The predicted molar refractivity (Wildman–Crippen MR) is 113 cm³/mol. The molecule has 0 radical (unpaired) electrons. The Kier molecular flexibility index (Phi) is 5.59. The molecule has 3 aromatic rings. The number of fused-ring (bicyclic) bond motifs is 1. The first-order chi connectivity index (χ1) is 14.1. The van der Waals surface area contributed by atoms with Crippen LogP contribution < -0.4 is 21.9 Å². The number of aryl methyl sites for hydroxylation is 3. The summed E-state index contributed by atoms with van der Waals surface area (Å²) in [5.41, 5.74) is 1.07. The summed E-state index contributed by atoms with van der Waals surface area (Å²) in [6.07, 6.45) is 1.44. The molecular formula is C20H24N6O4. The Balaban J connectivity index is 1.88. The average Bonchev–Trinajstić information content (AvgIpc) is 3.07. The normalized spacial score (nSPS) is 11.1. The van der Waals surface area contributed by atoms with Gasteiger partial charge in [-0.25, -0.2) is 14.3 Å². The first-order valence-corrected chi connectivity index (χ1v) is 9.42. The Bertz CT molecular complexity index is 1260. The maximum Gasteiger partial charge on any atom is 0.332 e. The van der Waals surface area contributed by atoms with Crippen LogP contribution in [0.5, 0.6) is 0 Å². The lowest BCUT2D eigenvalue weighted by atomic mass is 10.1. The van der Waals surface area contributed by atoms with Crippen LogP contribution in [-0.2, 0) is 30.2 Å². The number of hydrogen-bond acceptors (Lipinski definition) is 5. The second kappa shape index (κ2) is 7.97. The maximum absolute atomic E-state index is 12.7. The van der Waals surface area contributed by atoms with Gasteiger partial charge in [0.1, 0.15) is 6.54 Å². The summed E-state index contributed by atoms with van der Waals surface area (Å²) in [4.78, 5) is 53.9. The van der Waals surface area contributed by atoms with E-state index in [1.807, 2.05) is 0 Å². The largest absolute Gasteiger partial charge is 0.332 e. The highest BCUT2D eigenvalue weighted by Gasteiger charge is 2.17. The van der Waals surface area contributed by atoms with E-state index in [9.17, 15) is 19.2 Å². The summed E-state index contributed by atoms with van der Waals surface area (Å²) in [7, 11) is 3.14. The molecule has 2 amide bonds. The van der Waals surface area contributed by atoms with Crippen molar-refractivity contribution < 1.29 is 9.59 Å². The Labute approximate surface area is 172 Å². The molecule has 2 aromatic heterocycles. The minimum Gasteiger partial charge on any atom is -0.328 e. The number of carbonyl (C=O) groups excluding carboxylic acids is 2. The van der Waals surface area contributed by atoms with Crippen molar-refractivity contribution in [2.24, 2.45) is 20.0 Å². The summed E-state index contributed by atoms with van der Waals surface area (Å²) < 4.78 is 3.62. The quantitative estimate of drug-likeness (QED) is 0.647. The Morgan fingerprint density at radius 2 is 1.83 bits per heavy atom. The van der Waals surface area contributed by atoms with Crippen LogP contribution in [0.15, 0.2) is 34.1 Å². The van der Waals surface area contributed by atoms with Gasteiger partial charge in [0.25, 0.3) is 5.56 Å². The van der Waals surface area contributed by atoms with Crippen molar-refractivity contribution in [2.45, 2.75) is 27.3 Å².